The van der Waals surface area contributed by atoms with Gasteiger partial charge in [0.15, 0.2) is 0 Å². The van der Waals surface area contributed by atoms with Gasteiger partial charge in [-0.05, 0) is 68.2 Å². The molecular weight excluding hydrogens is 366 g/mol. The molecule has 0 amide bonds. The lowest BCUT2D eigenvalue weighted by molar-refractivity contribution is 1.06. The van der Waals surface area contributed by atoms with Crippen LogP contribution in [0.5, 0.6) is 0 Å². The highest BCUT2D eigenvalue weighted by molar-refractivity contribution is 9.10. The largest absolute Gasteiger partial charge is 0.397 e. The molecule has 0 aliphatic rings. The Labute approximate surface area is 120 Å². The van der Waals surface area contributed by atoms with Crippen molar-refractivity contribution in [3.8, 4) is 0 Å². The van der Waals surface area contributed by atoms with E-state index in [0.29, 0.717) is 5.69 Å². The van der Waals surface area contributed by atoms with Gasteiger partial charge in [0.25, 0.3) is 0 Å². The Morgan fingerprint density at radius 2 is 1.94 bits per heavy atom. The van der Waals surface area contributed by atoms with Gasteiger partial charge in [-0.15, -0.1) is 0 Å². The van der Waals surface area contributed by atoms with Crippen LogP contribution in [-0.2, 0) is 0 Å². The molecule has 2 aromatic heterocycles. The van der Waals surface area contributed by atoms with E-state index in [1.54, 1.807) is 12.4 Å². The van der Waals surface area contributed by atoms with Gasteiger partial charge in [0.05, 0.1) is 16.4 Å². The van der Waals surface area contributed by atoms with Crippen LogP contribution in [-0.4, -0.2) is 9.97 Å². The second kappa shape index (κ2) is 5.37. The van der Waals surface area contributed by atoms with Crippen molar-refractivity contribution < 1.29 is 0 Å². The Balaban J connectivity index is 2.30. The molecule has 0 radical (unpaired) electrons. The standard InChI is InChI=1S/C11H9Br2N3S/c1-6-8(14)5-16-11(10(6)13)17-9-3-2-7(12)4-15-9/h2-5H,14H2,1H3. The van der Waals surface area contributed by atoms with E-state index in [1.165, 1.54) is 11.8 Å². The highest BCUT2D eigenvalue weighted by atomic mass is 79.9. The highest BCUT2D eigenvalue weighted by Crippen LogP contribution is 2.34. The van der Waals surface area contributed by atoms with Crippen molar-refractivity contribution in [3.05, 3.63) is 39.0 Å². The molecule has 0 fully saturated rings. The minimum absolute atomic E-state index is 0.685. The number of hydrogen-bond acceptors (Lipinski definition) is 4. The summed E-state index contributed by atoms with van der Waals surface area (Å²) in [6.07, 6.45) is 3.43. The summed E-state index contributed by atoms with van der Waals surface area (Å²) < 4.78 is 1.88. The summed E-state index contributed by atoms with van der Waals surface area (Å²) >= 11 is 8.36. The average Bonchev–Trinajstić information content (AvgIpc) is 2.33. The molecule has 0 aliphatic carbocycles. The Morgan fingerprint density at radius 1 is 1.18 bits per heavy atom. The topological polar surface area (TPSA) is 51.8 Å². The van der Waals surface area contributed by atoms with Crippen molar-refractivity contribution in [2.75, 3.05) is 5.73 Å². The predicted molar refractivity (Wildman–Crippen MR) is 77.1 cm³/mol. The van der Waals surface area contributed by atoms with E-state index >= 15 is 0 Å². The molecule has 0 spiro atoms. The van der Waals surface area contributed by atoms with Crippen LogP contribution < -0.4 is 5.73 Å². The van der Waals surface area contributed by atoms with Crippen LogP contribution in [0.1, 0.15) is 5.56 Å². The van der Waals surface area contributed by atoms with Crippen molar-refractivity contribution >= 4 is 49.3 Å². The summed E-state index contributed by atoms with van der Waals surface area (Å²) in [6, 6.07) is 3.89. The lowest BCUT2D eigenvalue weighted by Crippen LogP contribution is -1.94. The van der Waals surface area contributed by atoms with Crippen LogP contribution in [0.3, 0.4) is 0 Å². The maximum absolute atomic E-state index is 5.78. The summed E-state index contributed by atoms with van der Waals surface area (Å²) in [5.74, 6) is 0. The average molecular weight is 375 g/mol. The van der Waals surface area contributed by atoms with E-state index < -0.39 is 0 Å². The smallest absolute Gasteiger partial charge is 0.117 e. The van der Waals surface area contributed by atoms with Crippen LogP contribution in [0, 0.1) is 6.92 Å². The van der Waals surface area contributed by atoms with Gasteiger partial charge in [-0.3, -0.25) is 0 Å². The van der Waals surface area contributed by atoms with Crippen molar-refractivity contribution in [1.82, 2.24) is 9.97 Å². The van der Waals surface area contributed by atoms with Gasteiger partial charge in [0.2, 0.25) is 0 Å². The van der Waals surface area contributed by atoms with Crippen LogP contribution in [0.2, 0.25) is 0 Å². The monoisotopic (exact) mass is 373 g/mol. The normalized spacial score (nSPS) is 10.5. The quantitative estimate of drug-likeness (QED) is 0.861. The molecular formula is C11H9Br2N3S. The molecule has 6 heteroatoms. The molecule has 0 aromatic carbocycles. The van der Waals surface area contributed by atoms with Gasteiger partial charge < -0.3 is 5.73 Å². The van der Waals surface area contributed by atoms with E-state index in [4.69, 9.17) is 5.73 Å². The zero-order valence-electron chi connectivity index (χ0n) is 8.95. The zero-order chi connectivity index (χ0) is 12.4. The fraction of sp³-hybridized carbons (Fsp3) is 0.0909. The van der Waals surface area contributed by atoms with Gasteiger partial charge in [-0.2, -0.15) is 0 Å². The fourth-order valence-corrected chi connectivity index (χ4v) is 2.76. The minimum atomic E-state index is 0.685. The summed E-state index contributed by atoms with van der Waals surface area (Å²) in [5, 5.41) is 1.76. The molecule has 0 unspecified atom stereocenters. The van der Waals surface area contributed by atoms with Crippen molar-refractivity contribution in [3.63, 3.8) is 0 Å². The molecule has 2 heterocycles. The van der Waals surface area contributed by atoms with E-state index in [1.807, 2.05) is 19.1 Å². The van der Waals surface area contributed by atoms with E-state index in [2.05, 4.69) is 41.8 Å². The molecule has 2 N–H and O–H groups in total. The number of hydrogen-bond donors (Lipinski definition) is 1. The summed E-state index contributed by atoms with van der Waals surface area (Å²) in [5.41, 5.74) is 7.46. The van der Waals surface area contributed by atoms with Crippen LogP contribution >= 0.6 is 43.6 Å². The Hall–Kier alpha value is -0.590. The van der Waals surface area contributed by atoms with Crippen LogP contribution in [0.4, 0.5) is 5.69 Å². The molecule has 0 bridgehead atoms. The van der Waals surface area contributed by atoms with Gasteiger partial charge in [-0.25, -0.2) is 9.97 Å². The Kier molecular flexibility index (Phi) is 4.06. The van der Waals surface area contributed by atoms with Crippen LogP contribution in [0.15, 0.2) is 43.5 Å². The molecule has 0 saturated heterocycles. The van der Waals surface area contributed by atoms with E-state index in [0.717, 1.165) is 24.6 Å². The number of nitrogens with two attached hydrogens (primary N) is 1. The first-order valence-corrected chi connectivity index (χ1v) is 7.18. The van der Waals surface area contributed by atoms with Crippen LogP contribution in [0.25, 0.3) is 0 Å². The first-order chi connectivity index (χ1) is 8.08. The number of aromatic nitrogens is 2. The maximum Gasteiger partial charge on any atom is 0.117 e. The van der Waals surface area contributed by atoms with Gasteiger partial charge in [-0.1, -0.05) is 0 Å². The molecule has 0 atom stereocenters. The fourth-order valence-electron chi connectivity index (χ4n) is 1.16. The first kappa shape index (κ1) is 12.9. The van der Waals surface area contributed by atoms with Gasteiger partial charge in [0.1, 0.15) is 10.1 Å². The Bertz CT molecular complexity index is 543. The predicted octanol–water partition coefficient (Wildman–Crippen LogP) is 4.04. The van der Waals surface area contributed by atoms with Crippen molar-refractivity contribution in [2.45, 2.75) is 17.0 Å². The number of nitrogen functional groups attached to an aromatic ring is 1. The number of nitrogens with zero attached hydrogens (tertiary/aromatic N) is 2. The van der Waals surface area contributed by atoms with Gasteiger partial charge >= 0.3 is 0 Å². The third kappa shape index (κ3) is 3.00. The number of halogens is 2. The van der Waals surface area contributed by atoms with Gasteiger partial charge in [0, 0.05) is 10.7 Å². The molecule has 88 valence electrons. The molecule has 2 aromatic rings. The number of rotatable bonds is 2. The van der Waals surface area contributed by atoms with Crippen molar-refractivity contribution in [2.24, 2.45) is 0 Å². The van der Waals surface area contributed by atoms with E-state index in [-0.39, 0.29) is 0 Å². The number of anilines is 1. The lowest BCUT2D eigenvalue weighted by atomic mass is 10.3. The second-order valence-corrected chi connectivity index (χ2v) is 6.09. The molecule has 17 heavy (non-hydrogen) atoms. The second-order valence-electron chi connectivity index (χ2n) is 3.37. The molecule has 3 nitrogen and oxygen atoms in total. The third-order valence-electron chi connectivity index (χ3n) is 2.17. The van der Waals surface area contributed by atoms with E-state index in [9.17, 15) is 0 Å². The number of pyridine rings is 2. The highest BCUT2D eigenvalue weighted by Gasteiger charge is 2.09. The zero-order valence-corrected chi connectivity index (χ0v) is 12.9. The molecule has 0 aliphatic heterocycles. The molecule has 0 saturated carbocycles. The van der Waals surface area contributed by atoms with Crippen molar-refractivity contribution in [1.29, 1.82) is 0 Å². The summed E-state index contributed by atoms with van der Waals surface area (Å²) in [4.78, 5) is 8.59. The maximum atomic E-state index is 5.78. The minimum Gasteiger partial charge on any atom is -0.397 e. The summed E-state index contributed by atoms with van der Waals surface area (Å²) in [7, 11) is 0. The Morgan fingerprint density at radius 3 is 2.59 bits per heavy atom. The first-order valence-electron chi connectivity index (χ1n) is 4.78. The lowest BCUT2D eigenvalue weighted by Gasteiger charge is -2.07. The third-order valence-corrected chi connectivity index (χ3v) is 4.83. The molecule has 2 rings (SSSR count). The summed E-state index contributed by atoms with van der Waals surface area (Å²) in [6.45, 7) is 1.96. The SMILES string of the molecule is Cc1c(N)cnc(Sc2ccc(Br)cn2)c1Br.